The summed E-state index contributed by atoms with van der Waals surface area (Å²) >= 11 is 0. The molecule has 18 heavy (non-hydrogen) atoms. The SMILES string of the molecule is COC(=O)c1cc(O)c2c(OC)ccc(O)c2c1. The topological polar surface area (TPSA) is 76.0 Å². The van der Waals surface area contributed by atoms with E-state index in [-0.39, 0.29) is 17.1 Å². The van der Waals surface area contributed by atoms with Gasteiger partial charge in [0.2, 0.25) is 0 Å². The van der Waals surface area contributed by atoms with Crippen LogP contribution < -0.4 is 4.74 Å². The monoisotopic (exact) mass is 248 g/mol. The van der Waals surface area contributed by atoms with Crippen LogP contribution in [0.1, 0.15) is 10.4 Å². The molecule has 5 nitrogen and oxygen atoms in total. The van der Waals surface area contributed by atoms with E-state index in [1.807, 2.05) is 0 Å². The number of rotatable bonds is 2. The fraction of sp³-hybridized carbons (Fsp3) is 0.154. The average molecular weight is 248 g/mol. The summed E-state index contributed by atoms with van der Waals surface area (Å²) in [4.78, 5) is 11.4. The molecule has 2 aromatic rings. The largest absolute Gasteiger partial charge is 0.507 e. The van der Waals surface area contributed by atoms with E-state index in [0.29, 0.717) is 16.5 Å². The highest BCUT2D eigenvalue weighted by Crippen LogP contribution is 2.39. The van der Waals surface area contributed by atoms with Crippen LogP contribution in [0.5, 0.6) is 17.2 Å². The third-order valence-electron chi connectivity index (χ3n) is 2.67. The summed E-state index contributed by atoms with van der Waals surface area (Å²) in [6.07, 6.45) is 0. The second kappa shape index (κ2) is 4.44. The molecular formula is C13H12O5. The molecule has 0 aromatic heterocycles. The van der Waals surface area contributed by atoms with Gasteiger partial charge in [-0.1, -0.05) is 0 Å². The molecule has 0 radical (unpaired) electrons. The number of phenolic OH excluding ortho intramolecular Hbond substituents is 2. The highest BCUT2D eigenvalue weighted by atomic mass is 16.5. The number of methoxy groups -OCH3 is 2. The number of carbonyl (C=O) groups is 1. The lowest BCUT2D eigenvalue weighted by molar-refractivity contribution is 0.0600. The van der Waals surface area contributed by atoms with Crippen molar-refractivity contribution in [2.75, 3.05) is 14.2 Å². The molecule has 0 aliphatic carbocycles. The molecule has 0 amide bonds. The first kappa shape index (κ1) is 12.0. The molecule has 0 aliphatic rings. The van der Waals surface area contributed by atoms with Crippen molar-refractivity contribution in [3.05, 3.63) is 29.8 Å². The highest BCUT2D eigenvalue weighted by Gasteiger charge is 2.15. The van der Waals surface area contributed by atoms with Gasteiger partial charge in [0.15, 0.2) is 0 Å². The van der Waals surface area contributed by atoms with Crippen LogP contribution in [0.2, 0.25) is 0 Å². The van der Waals surface area contributed by atoms with Crippen molar-refractivity contribution in [3.63, 3.8) is 0 Å². The first-order valence-corrected chi connectivity index (χ1v) is 5.19. The van der Waals surface area contributed by atoms with E-state index in [9.17, 15) is 15.0 Å². The number of benzene rings is 2. The molecular weight excluding hydrogens is 236 g/mol. The molecule has 0 spiro atoms. The fourth-order valence-corrected chi connectivity index (χ4v) is 1.82. The smallest absolute Gasteiger partial charge is 0.338 e. The van der Waals surface area contributed by atoms with Gasteiger partial charge < -0.3 is 19.7 Å². The summed E-state index contributed by atoms with van der Waals surface area (Å²) < 4.78 is 9.68. The van der Waals surface area contributed by atoms with Crippen LogP contribution in [-0.2, 0) is 4.74 Å². The number of ether oxygens (including phenoxy) is 2. The number of hydrogen-bond donors (Lipinski definition) is 2. The molecule has 0 fully saturated rings. The van der Waals surface area contributed by atoms with Crippen molar-refractivity contribution < 1.29 is 24.5 Å². The van der Waals surface area contributed by atoms with Gasteiger partial charge in [-0.3, -0.25) is 0 Å². The Morgan fingerprint density at radius 1 is 1.11 bits per heavy atom. The zero-order valence-electron chi connectivity index (χ0n) is 9.93. The molecule has 0 saturated carbocycles. The van der Waals surface area contributed by atoms with Gasteiger partial charge in [-0.15, -0.1) is 0 Å². The molecule has 5 heteroatoms. The molecule has 2 N–H and O–H groups in total. The molecule has 2 rings (SSSR count). The minimum Gasteiger partial charge on any atom is -0.507 e. The van der Waals surface area contributed by atoms with Gasteiger partial charge in [0.05, 0.1) is 25.2 Å². The van der Waals surface area contributed by atoms with Crippen molar-refractivity contribution in [1.29, 1.82) is 0 Å². The summed E-state index contributed by atoms with van der Waals surface area (Å²) in [5.74, 6) is -0.376. The second-order valence-corrected chi connectivity index (χ2v) is 3.70. The highest BCUT2D eigenvalue weighted by molar-refractivity contribution is 6.03. The van der Waals surface area contributed by atoms with Crippen LogP contribution in [0.4, 0.5) is 0 Å². The van der Waals surface area contributed by atoms with Crippen LogP contribution in [0.3, 0.4) is 0 Å². The maximum atomic E-state index is 11.4. The van der Waals surface area contributed by atoms with E-state index < -0.39 is 5.97 Å². The van der Waals surface area contributed by atoms with E-state index in [2.05, 4.69) is 4.74 Å². The van der Waals surface area contributed by atoms with Gasteiger partial charge in [0.1, 0.15) is 17.2 Å². The fourth-order valence-electron chi connectivity index (χ4n) is 1.82. The van der Waals surface area contributed by atoms with Gasteiger partial charge in [-0.05, 0) is 24.3 Å². The van der Waals surface area contributed by atoms with Crippen molar-refractivity contribution in [1.82, 2.24) is 0 Å². The van der Waals surface area contributed by atoms with Gasteiger partial charge in [-0.25, -0.2) is 4.79 Å². The van der Waals surface area contributed by atoms with Crippen molar-refractivity contribution >= 4 is 16.7 Å². The van der Waals surface area contributed by atoms with Crippen molar-refractivity contribution in [2.24, 2.45) is 0 Å². The standard InChI is InChI=1S/C13H12O5/c1-17-11-4-3-9(14)8-5-7(13(16)18-2)6-10(15)12(8)11/h3-6,14-15H,1-2H3. The zero-order valence-corrected chi connectivity index (χ0v) is 9.93. The van der Waals surface area contributed by atoms with E-state index in [4.69, 9.17) is 4.74 Å². The number of carbonyl (C=O) groups excluding carboxylic acids is 1. The third-order valence-corrected chi connectivity index (χ3v) is 2.67. The van der Waals surface area contributed by atoms with Gasteiger partial charge in [-0.2, -0.15) is 0 Å². The van der Waals surface area contributed by atoms with Gasteiger partial charge >= 0.3 is 5.97 Å². The summed E-state index contributed by atoms with van der Waals surface area (Å²) in [6, 6.07) is 5.69. The Balaban J connectivity index is 2.80. The Bertz CT molecular complexity index is 618. The molecule has 0 aliphatic heterocycles. The number of phenols is 2. The predicted octanol–water partition coefficient (Wildman–Crippen LogP) is 2.05. The summed E-state index contributed by atoms with van der Waals surface area (Å²) in [5.41, 5.74) is 0.158. The van der Waals surface area contributed by atoms with Crippen LogP contribution in [0, 0.1) is 0 Å². The Morgan fingerprint density at radius 3 is 2.44 bits per heavy atom. The summed E-state index contributed by atoms with van der Waals surface area (Å²) in [7, 11) is 2.70. The Kier molecular flexibility index (Phi) is 2.97. The first-order valence-electron chi connectivity index (χ1n) is 5.19. The van der Waals surface area contributed by atoms with Gasteiger partial charge in [0.25, 0.3) is 0 Å². The molecule has 2 aromatic carbocycles. The Labute approximate surface area is 103 Å². The van der Waals surface area contributed by atoms with Crippen molar-refractivity contribution in [2.45, 2.75) is 0 Å². The lowest BCUT2D eigenvalue weighted by Gasteiger charge is -2.10. The lowest BCUT2D eigenvalue weighted by atomic mass is 10.0. The minimum absolute atomic E-state index is 0.0492. The average Bonchev–Trinajstić information content (AvgIpc) is 2.38. The van der Waals surface area contributed by atoms with Crippen LogP contribution in [0.15, 0.2) is 24.3 Å². The Hall–Kier alpha value is -2.43. The maximum Gasteiger partial charge on any atom is 0.338 e. The van der Waals surface area contributed by atoms with E-state index in [1.54, 1.807) is 0 Å². The first-order chi connectivity index (χ1) is 8.58. The number of esters is 1. The van der Waals surface area contributed by atoms with Gasteiger partial charge in [0, 0.05) is 5.39 Å². The van der Waals surface area contributed by atoms with E-state index in [0.717, 1.165) is 0 Å². The normalized spacial score (nSPS) is 10.3. The van der Waals surface area contributed by atoms with Crippen molar-refractivity contribution in [3.8, 4) is 17.2 Å². The summed E-state index contributed by atoms with van der Waals surface area (Å²) in [5, 5.41) is 20.4. The van der Waals surface area contributed by atoms with Crippen LogP contribution in [-0.4, -0.2) is 30.4 Å². The Morgan fingerprint density at radius 2 is 1.83 bits per heavy atom. The van der Waals surface area contributed by atoms with E-state index >= 15 is 0 Å². The van der Waals surface area contributed by atoms with Crippen LogP contribution >= 0.6 is 0 Å². The molecule has 94 valence electrons. The van der Waals surface area contributed by atoms with Crippen LogP contribution in [0.25, 0.3) is 10.8 Å². The zero-order chi connectivity index (χ0) is 13.3. The predicted molar refractivity (Wildman–Crippen MR) is 65.2 cm³/mol. The number of hydrogen-bond acceptors (Lipinski definition) is 5. The van der Waals surface area contributed by atoms with E-state index in [1.165, 1.54) is 38.5 Å². The quantitative estimate of drug-likeness (QED) is 0.795. The molecule has 0 atom stereocenters. The third kappa shape index (κ3) is 1.79. The minimum atomic E-state index is -0.589. The number of aromatic hydroxyl groups is 2. The molecule has 0 saturated heterocycles. The molecule has 0 bridgehead atoms. The molecule has 0 unspecified atom stereocenters. The number of fused-ring (bicyclic) bond motifs is 1. The molecule has 0 heterocycles. The lowest BCUT2D eigenvalue weighted by Crippen LogP contribution is -2.01. The maximum absolute atomic E-state index is 11.4. The summed E-state index contributed by atoms with van der Waals surface area (Å²) in [6.45, 7) is 0. The second-order valence-electron chi connectivity index (χ2n) is 3.70.